The van der Waals surface area contributed by atoms with E-state index < -0.39 is 6.43 Å². The van der Waals surface area contributed by atoms with Crippen LogP contribution in [-0.2, 0) is 0 Å². The summed E-state index contributed by atoms with van der Waals surface area (Å²) in [6.07, 6.45) is 1.44. The van der Waals surface area contributed by atoms with Crippen molar-refractivity contribution in [2.24, 2.45) is 0 Å². The third-order valence-electron chi connectivity index (χ3n) is 4.74. The molecule has 0 aliphatic carbocycles. The second-order valence-electron chi connectivity index (χ2n) is 6.76. The van der Waals surface area contributed by atoms with E-state index in [1.165, 1.54) is 0 Å². The van der Waals surface area contributed by atoms with Gasteiger partial charge in [-0.15, -0.1) is 0 Å². The highest BCUT2D eigenvalue weighted by Crippen LogP contribution is 2.16. The van der Waals surface area contributed by atoms with Crippen LogP contribution in [0.5, 0.6) is 0 Å². The van der Waals surface area contributed by atoms with E-state index in [0.717, 1.165) is 37.9 Å². The van der Waals surface area contributed by atoms with Crippen LogP contribution in [0.1, 0.15) is 43.0 Å². The molecule has 1 aromatic carbocycles. The summed E-state index contributed by atoms with van der Waals surface area (Å²) < 4.78 is 24.8. The number of hydrogen-bond donors (Lipinski definition) is 1. The zero-order valence-corrected chi connectivity index (χ0v) is 15.2. The Kier molecular flexibility index (Phi) is 7.62. The molecule has 1 aliphatic rings. The maximum absolute atomic E-state index is 12.4. The molecule has 1 heterocycles. The first-order chi connectivity index (χ1) is 12.0. The number of carbonyl (C=O) groups excluding carboxylic acids is 1. The molecule has 0 aromatic heterocycles. The highest BCUT2D eigenvalue weighted by molar-refractivity contribution is 5.94. The molecule has 2 rings (SSSR count). The third-order valence-corrected chi connectivity index (χ3v) is 4.74. The van der Waals surface area contributed by atoms with Gasteiger partial charge in [-0.05, 0) is 43.5 Å². The van der Waals surface area contributed by atoms with Crippen LogP contribution in [0.2, 0.25) is 0 Å². The Morgan fingerprint density at radius 3 is 2.48 bits per heavy atom. The lowest BCUT2D eigenvalue weighted by Gasteiger charge is -2.32. The van der Waals surface area contributed by atoms with Gasteiger partial charge in [-0.2, -0.15) is 0 Å². The first-order valence-corrected chi connectivity index (χ1v) is 9.12. The Labute approximate surface area is 149 Å². The first kappa shape index (κ1) is 19.6. The van der Waals surface area contributed by atoms with Gasteiger partial charge in [-0.3, -0.25) is 9.69 Å². The van der Waals surface area contributed by atoms with Crippen molar-refractivity contribution in [3.63, 3.8) is 0 Å². The lowest BCUT2D eigenvalue weighted by molar-refractivity contribution is 0.0696. The average Bonchev–Trinajstić information content (AvgIpc) is 2.61. The van der Waals surface area contributed by atoms with Gasteiger partial charge in [0.15, 0.2) is 0 Å². The highest BCUT2D eigenvalue weighted by atomic mass is 19.3. The quantitative estimate of drug-likeness (QED) is 0.778. The predicted octanol–water partition coefficient (Wildman–Crippen LogP) is 3.38. The Morgan fingerprint density at radius 1 is 1.28 bits per heavy atom. The summed E-state index contributed by atoms with van der Waals surface area (Å²) in [4.78, 5) is 16.3. The Morgan fingerprint density at radius 2 is 1.92 bits per heavy atom. The van der Waals surface area contributed by atoms with Crippen molar-refractivity contribution in [3.8, 4) is 0 Å². The van der Waals surface area contributed by atoms with Crippen molar-refractivity contribution in [1.82, 2.24) is 10.2 Å². The molecule has 140 valence electrons. The number of halogens is 2. The molecule has 1 saturated heterocycles. The highest BCUT2D eigenvalue weighted by Gasteiger charge is 2.22. The monoisotopic (exact) mass is 353 g/mol. The van der Waals surface area contributed by atoms with Gasteiger partial charge in [-0.25, -0.2) is 8.78 Å². The number of anilines is 1. The van der Waals surface area contributed by atoms with E-state index in [1.807, 2.05) is 24.3 Å². The van der Waals surface area contributed by atoms with Crippen LogP contribution in [0.4, 0.5) is 14.5 Å². The minimum Gasteiger partial charge on any atom is -0.375 e. The number of piperidine rings is 1. The van der Waals surface area contributed by atoms with Crippen molar-refractivity contribution in [1.29, 1.82) is 0 Å². The van der Waals surface area contributed by atoms with E-state index in [1.54, 1.807) is 4.90 Å². The molecule has 0 unspecified atom stereocenters. The van der Waals surface area contributed by atoms with Crippen LogP contribution in [0.3, 0.4) is 0 Å². The molecule has 0 spiro atoms. The molecule has 1 aromatic rings. The lowest BCUT2D eigenvalue weighted by atomic mass is 10.0. The van der Waals surface area contributed by atoms with Gasteiger partial charge in [-0.1, -0.05) is 13.3 Å². The fraction of sp³-hybridized carbons (Fsp3) is 0.632. The van der Waals surface area contributed by atoms with E-state index in [2.05, 4.69) is 24.2 Å². The standard InChI is InChI=1S/C19H29F2N3O/c1-3-4-11-23(2)17-7-5-15(6-8-17)19(25)22-16-9-12-24(13-10-16)14-18(20)21/h5-8,16,18H,3-4,9-14H2,1-2H3,(H,22,25). The fourth-order valence-electron chi connectivity index (χ4n) is 3.12. The number of amides is 1. The minimum absolute atomic E-state index is 0.0633. The van der Waals surface area contributed by atoms with E-state index in [4.69, 9.17) is 0 Å². The maximum atomic E-state index is 12.4. The number of carbonyl (C=O) groups is 1. The van der Waals surface area contributed by atoms with Gasteiger partial charge in [0.05, 0.1) is 6.54 Å². The number of unbranched alkanes of at least 4 members (excludes halogenated alkanes) is 1. The third kappa shape index (κ3) is 6.27. The van der Waals surface area contributed by atoms with Crippen molar-refractivity contribution in [3.05, 3.63) is 29.8 Å². The molecule has 0 atom stereocenters. The summed E-state index contributed by atoms with van der Waals surface area (Å²) in [6, 6.07) is 7.69. The molecule has 1 amide bonds. The van der Waals surface area contributed by atoms with Gasteiger partial charge in [0.1, 0.15) is 0 Å². The number of hydrogen-bond acceptors (Lipinski definition) is 3. The number of rotatable bonds is 8. The van der Waals surface area contributed by atoms with Crippen LogP contribution in [0, 0.1) is 0 Å². The smallest absolute Gasteiger partial charge is 0.251 e. The molecule has 6 heteroatoms. The first-order valence-electron chi connectivity index (χ1n) is 9.12. The molecule has 4 nitrogen and oxygen atoms in total. The molecule has 0 radical (unpaired) electrons. The van der Waals surface area contributed by atoms with Gasteiger partial charge < -0.3 is 10.2 Å². The second-order valence-corrected chi connectivity index (χ2v) is 6.76. The van der Waals surface area contributed by atoms with Crippen molar-refractivity contribution in [2.45, 2.75) is 45.1 Å². The summed E-state index contributed by atoms with van der Waals surface area (Å²) in [6.45, 7) is 4.21. The maximum Gasteiger partial charge on any atom is 0.251 e. The summed E-state index contributed by atoms with van der Waals surface area (Å²) in [5.74, 6) is -0.0879. The summed E-state index contributed by atoms with van der Waals surface area (Å²) >= 11 is 0. The predicted molar refractivity (Wildman–Crippen MR) is 97.6 cm³/mol. The zero-order valence-electron chi connectivity index (χ0n) is 15.2. The largest absolute Gasteiger partial charge is 0.375 e. The summed E-state index contributed by atoms with van der Waals surface area (Å²) in [5.41, 5.74) is 1.74. The van der Waals surface area contributed by atoms with E-state index in [9.17, 15) is 13.6 Å². The van der Waals surface area contributed by atoms with Crippen LogP contribution in [0.15, 0.2) is 24.3 Å². The lowest BCUT2D eigenvalue weighted by Crippen LogP contribution is -2.45. The van der Waals surface area contributed by atoms with Crippen molar-refractivity contribution >= 4 is 11.6 Å². The molecular formula is C19H29F2N3O. The van der Waals surface area contributed by atoms with Gasteiger partial charge in [0, 0.05) is 44.0 Å². The SMILES string of the molecule is CCCCN(C)c1ccc(C(=O)NC2CCN(CC(F)F)CC2)cc1. The number of nitrogens with one attached hydrogen (secondary N) is 1. The van der Waals surface area contributed by atoms with Gasteiger partial charge in [0.25, 0.3) is 12.3 Å². The van der Waals surface area contributed by atoms with E-state index in [0.29, 0.717) is 18.7 Å². The normalized spacial score (nSPS) is 16.2. The van der Waals surface area contributed by atoms with Gasteiger partial charge >= 0.3 is 0 Å². The summed E-state index contributed by atoms with van der Waals surface area (Å²) in [7, 11) is 2.05. The number of alkyl halides is 2. The molecule has 0 bridgehead atoms. The number of benzene rings is 1. The number of likely N-dealkylation sites (tertiary alicyclic amines) is 1. The second kappa shape index (κ2) is 9.70. The topological polar surface area (TPSA) is 35.6 Å². The molecule has 1 aliphatic heterocycles. The Bertz CT molecular complexity index is 528. The van der Waals surface area contributed by atoms with Gasteiger partial charge in [0.2, 0.25) is 0 Å². The molecular weight excluding hydrogens is 324 g/mol. The van der Waals surface area contributed by atoms with Crippen molar-refractivity contribution in [2.75, 3.05) is 38.1 Å². The Balaban J connectivity index is 1.81. The molecule has 0 saturated carbocycles. The van der Waals surface area contributed by atoms with E-state index >= 15 is 0 Å². The fourth-order valence-corrected chi connectivity index (χ4v) is 3.12. The molecule has 25 heavy (non-hydrogen) atoms. The van der Waals surface area contributed by atoms with Crippen molar-refractivity contribution < 1.29 is 13.6 Å². The average molecular weight is 353 g/mol. The molecule has 1 fully saturated rings. The number of nitrogens with zero attached hydrogens (tertiary/aromatic N) is 2. The minimum atomic E-state index is -2.29. The van der Waals surface area contributed by atoms with Crippen LogP contribution >= 0.6 is 0 Å². The van der Waals surface area contributed by atoms with Crippen LogP contribution in [0.25, 0.3) is 0 Å². The summed E-state index contributed by atoms with van der Waals surface area (Å²) in [5, 5.41) is 3.03. The van der Waals surface area contributed by atoms with Crippen LogP contribution in [-0.4, -0.2) is 56.5 Å². The zero-order chi connectivity index (χ0) is 18.2. The Hall–Kier alpha value is -1.69. The van der Waals surface area contributed by atoms with E-state index in [-0.39, 0.29) is 18.5 Å². The molecule has 1 N–H and O–H groups in total. The van der Waals surface area contributed by atoms with Crippen LogP contribution < -0.4 is 10.2 Å².